The summed E-state index contributed by atoms with van der Waals surface area (Å²) in [4.78, 5) is 0. The minimum absolute atomic E-state index is 0.443. The van der Waals surface area contributed by atoms with Crippen LogP contribution in [0, 0.1) is 20.8 Å². The Morgan fingerprint density at radius 1 is 0.833 bits per heavy atom. The lowest BCUT2D eigenvalue weighted by molar-refractivity contribution is 0.594. The van der Waals surface area contributed by atoms with Crippen molar-refractivity contribution in [2.75, 3.05) is 0 Å². The van der Waals surface area contributed by atoms with Crippen LogP contribution in [0.5, 0.6) is 0 Å². The predicted molar refractivity (Wildman–Crippen MR) is 77.7 cm³/mol. The zero-order valence-electron chi connectivity index (χ0n) is 11.6. The van der Waals surface area contributed by atoms with Crippen LogP contribution in [-0.2, 0) is 5.54 Å². The summed E-state index contributed by atoms with van der Waals surface area (Å²) in [6, 6.07) is 14.8. The third-order valence-corrected chi connectivity index (χ3v) is 3.66. The minimum Gasteiger partial charge on any atom is -0.318 e. The van der Waals surface area contributed by atoms with Gasteiger partial charge >= 0.3 is 0 Å². The first kappa shape index (κ1) is 12.8. The van der Waals surface area contributed by atoms with Crippen LogP contribution in [0.25, 0.3) is 0 Å². The molecule has 0 bridgehead atoms. The number of aryl methyl sites for hydroxylation is 3. The molecule has 0 aliphatic rings. The van der Waals surface area contributed by atoms with Crippen molar-refractivity contribution in [3.05, 3.63) is 70.3 Å². The highest BCUT2D eigenvalue weighted by molar-refractivity contribution is 5.45. The van der Waals surface area contributed by atoms with Crippen molar-refractivity contribution >= 4 is 0 Å². The molecule has 1 nitrogen and oxygen atoms in total. The molecule has 0 saturated carbocycles. The van der Waals surface area contributed by atoms with Gasteiger partial charge in [0, 0.05) is 0 Å². The normalized spacial score (nSPS) is 14.3. The van der Waals surface area contributed by atoms with E-state index in [2.05, 4.69) is 70.2 Å². The van der Waals surface area contributed by atoms with Crippen molar-refractivity contribution in [2.45, 2.75) is 33.2 Å². The molecule has 0 fully saturated rings. The lowest BCUT2D eigenvalue weighted by Crippen LogP contribution is -2.36. The highest BCUT2D eigenvalue weighted by Crippen LogP contribution is 2.31. The van der Waals surface area contributed by atoms with Gasteiger partial charge in [0.15, 0.2) is 0 Å². The largest absolute Gasteiger partial charge is 0.318 e. The van der Waals surface area contributed by atoms with Crippen LogP contribution < -0.4 is 5.73 Å². The molecule has 18 heavy (non-hydrogen) atoms. The Kier molecular flexibility index (Phi) is 3.27. The third kappa shape index (κ3) is 2.19. The molecule has 1 atom stereocenters. The summed E-state index contributed by atoms with van der Waals surface area (Å²) in [6.45, 7) is 8.44. The fraction of sp³-hybridized carbons (Fsp3) is 0.294. The molecule has 0 heterocycles. The van der Waals surface area contributed by atoms with E-state index in [1.54, 1.807) is 0 Å². The monoisotopic (exact) mass is 239 g/mol. The quantitative estimate of drug-likeness (QED) is 0.846. The van der Waals surface area contributed by atoms with Crippen LogP contribution in [-0.4, -0.2) is 0 Å². The molecule has 0 spiro atoms. The van der Waals surface area contributed by atoms with E-state index in [1.165, 1.54) is 27.8 Å². The van der Waals surface area contributed by atoms with E-state index in [9.17, 15) is 0 Å². The number of hydrogen-bond acceptors (Lipinski definition) is 1. The molecule has 0 amide bonds. The van der Waals surface area contributed by atoms with E-state index in [-0.39, 0.29) is 0 Å². The summed E-state index contributed by atoms with van der Waals surface area (Å²) in [5.74, 6) is 0. The summed E-state index contributed by atoms with van der Waals surface area (Å²) < 4.78 is 0. The van der Waals surface area contributed by atoms with Crippen LogP contribution >= 0.6 is 0 Å². The summed E-state index contributed by atoms with van der Waals surface area (Å²) in [5, 5.41) is 0. The molecule has 2 rings (SSSR count). The molecule has 0 saturated heterocycles. The molecule has 2 N–H and O–H groups in total. The van der Waals surface area contributed by atoms with Crippen LogP contribution in [0.4, 0.5) is 0 Å². The Hall–Kier alpha value is -1.60. The van der Waals surface area contributed by atoms with E-state index in [4.69, 9.17) is 5.73 Å². The van der Waals surface area contributed by atoms with Crippen LogP contribution in [0.2, 0.25) is 0 Å². The van der Waals surface area contributed by atoms with Gasteiger partial charge in [-0.3, -0.25) is 0 Å². The van der Waals surface area contributed by atoms with Gasteiger partial charge in [-0.05, 0) is 49.9 Å². The molecule has 2 aromatic rings. The van der Waals surface area contributed by atoms with Gasteiger partial charge in [0.05, 0.1) is 5.54 Å². The predicted octanol–water partition coefficient (Wildman–Crippen LogP) is 3.83. The second kappa shape index (κ2) is 4.58. The highest BCUT2D eigenvalue weighted by Gasteiger charge is 2.26. The highest BCUT2D eigenvalue weighted by atomic mass is 14.7. The van der Waals surface area contributed by atoms with Gasteiger partial charge in [-0.2, -0.15) is 0 Å². The van der Waals surface area contributed by atoms with E-state index in [1.807, 2.05) is 0 Å². The molecule has 0 radical (unpaired) electrons. The average Bonchev–Trinajstić information content (AvgIpc) is 2.32. The van der Waals surface area contributed by atoms with Gasteiger partial charge < -0.3 is 5.73 Å². The number of hydrogen-bond donors (Lipinski definition) is 1. The second-order valence-corrected chi connectivity index (χ2v) is 5.34. The van der Waals surface area contributed by atoms with Crippen LogP contribution in [0.3, 0.4) is 0 Å². The zero-order valence-corrected chi connectivity index (χ0v) is 11.6. The molecule has 1 unspecified atom stereocenters. The summed E-state index contributed by atoms with van der Waals surface area (Å²) in [6.07, 6.45) is 0. The molecule has 94 valence electrons. The summed E-state index contributed by atoms with van der Waals surface area (Å²) >= 11 is 0. The maximum atomic E-state index is 6.63. The van der Waals surface area contributed by atoms with Crippen molar-refractivity contribution in [1.29, 1.82) is 0 Å². The average molecular weight is 239 g/mol. The molecular formula is C17H21N. The minimum atomic E-state index is -0.443. The van der Waals surface area contributed by atoms with E-state index < -0.39 is 5.54 Å². The Bertz CT molecular complexity index is 568. The fourth-order valence-electron chi connectivity index (χ4n) is 2.60. The fourth-order valence-corrected chi connectivity index (χ4v) is 2.60. The first-order valence-corrected chi connectivity index (χ1v) is 6.35. The van der Waals surface area contributed by atoms with Gasteiger partial charge in [-0.1, -0.05) is 48.0 Å². The molecule has 0 aliphatic heterocycles. The summed E-state index contributed by atoms with van der Waals surface area (Å²) in [7, 11) is 0. The lowest BCUT2D eigenvalue weighted by atomic mass is 9.81. The van der Waals surface area contributed by atoms with Crippen molar-refractivity contribution < 1.29 is 0 Å². The summed E-state index contributed by atoms with van der Waals surface area (Å²) in [5.41, 5.74) is 12.3. The molecule has 0 aliphatic carbocycles. The maximum Gasteiger partial charge on any atom is 0.0642 e. The van der Waals surface area contributed by atoms with Crippen molar-refractivity contribution in [3.63, 3.8) is 0 Å². The van der Waals surface area contributed by atoms with Gasteiger partial charge in [-0.15, -0.1) is 0 Å². The zero-order chi connectivity index (χ0) is 13.3. The SMILES string of the molecule is Cc1ccc(C)c(C(C)(N)c2ccccc2C)c1. The van der Waals surface area contributed by atoms with E-state index in [0.717, 1.165) is 0 Å². The second-order valence-electron chi connectivity index (χ2n) is 5.34. The van der Waals surface area contributed by atoms with Crippen molar-refractivity contribution in [1.82, 2.24) is 0 Å². The van der Waals surface area contributed by atoms with Gasteiger partial charge in [0.1, 0.15) is 0 Å². The Balaban J connectivity index is 2.61. The van der Waals surface area contributed by atoms with E-state index in [0.29, 0.717) is 0 Å². The third-order valence-electron chi connectivity index (χ3n) is 3.66. The molecule has 1 heteroatoms. The Morgan fingerprint density at radius 2 is 1.44 bits per heavy atom. The maximum absolute atomic E-state index is 6.63. The first-order valence-electron chi connectivity index (χ1n) is 6.35. The number of rotatable bonds is 2. The Morgan fingerprint density at radius 3 is 2.11 bits per heavy atom. The van der Waals surface area contributed by atoms with Crippen LogP contribution in [0.1, 0.15) is 34.7 Å². The number of benzene rings is 2. The molecule has 0 aromatic heterocycles. The first-order chi connectivity index (χ1) is 8.43. The van der Waals surface area contributed by atoms with Gasteiger partial charge in [0.2, 0.25) is 0 Å². The van der Waals surface area contributed by atoms with Crippen molar-refractivity contribution in [2.24, 2.45) is 5.73 Å². The molecular weight excluding hydrogens is 218 g/mol. The smallest absolute Gasteiger partial charge is 0.0642 e. The standard InChI is InChI=1S/C17H21N/c1-12-9-10-14(3)16(11-12)17(4,18)15-8-6-5-7-13(15)2/h5-11H,18H2,1-4H3. The van der Waals surface area contributed by atoms with Gasteiger partial charge in [-0.25, -0.2) is 0 Å². The van der Waals surface area contributed by atoms with Gasteiger partial charge in [0.25, 0.3) is 0 Å². The number of nitrogens with two attached hydrogens (primary N) is 1. The van der Waals surface area contributed by atoms with Crippen LogP contribution in [0.15, 0.2) is 42.5 Å². The topological polar surface area (TPSA) is 26.0 Å². The van der Waals surface area contributed by atoms with Crippen molar-refractivity contribution in [3.8, 4) is 0 Å². The van der Waals surface area contributed by atoms with E-state index >= 15 is 0 Å². The molecule has 2 aromatic carbocycles. The lowest BCUT2D eigenvalue weighted by Gasteiger charge is -2.29. The Labute approximate surface area is 110 Å².